The number of para-hydroxylation sites is 4. The SMILES string of the molecule is N#Cc1ccc2c(c1)c1ccccc1n2-c1ccc(-c2nc(-c3ccc(-n4c5ccccc5c5cc(C#N)ccc54)cc3)c(-c3ccc(-n4c5ccccc5c5cc(C#N)ccc54)cc3)c(-c3ccccc3-c3ccccn3)c2-c2ccc(-n3c4ccccc4c4cc(C#N)ccc43)cc2)cc1. The van der Waals surface area contributed by atoms with Gasteiger partial charge in [0.1, 0.15) is 0 Å². The van der Waals surface area contributed by atoms with Gasteiger partial charge in [-0.15, -0.1) is 0 Å². The summed E-state index contributed by atoms with van der Waals surface area (Å²) in [5.74, 6) is 0. The fraction of sp³-hybridized carbons (Fsp3) is 0. The van der Waals surface area contributed by atoms with E-state index in [0.29, 0.717) is 22.3 Å². The average Bonchev–Trinajstić information content (AvgIpc) is 1.32. The van der Waals surface area contributed by atoms with Crippen LogP contribution in [0.15, 0.2) is 316 Å². The van der Waals surface area contributed by atoms with Crippen LogP contribution >= 0.6 is 0 Å². The minimum Gasteiger partial charge on any atom is -0.309 e. The Balaban J connectivity index is 0.908. The zero-order valence-electron chi connectivity index (χ0n) is 54.5. The molecule has 0 fully saturated rings. The Morgan fingerprint density at radius 3 is 0.833 bits per heavy atom. The van der Waals surface area contributed by atoms with Crippen molar-refractivity contribution in [3.05, 3.63) is 338 Å². The maximum absolute atomic E-state index is 10.1. The normalized spacial score (nSPS) is 11.5. The third kappa shape index (κ3) is 9.23. The van der Waals surface area contributed by atoms with Crippen LogP contribution in [-0.4, -0.2) is 28.2 Å². The third-order valence-corrected chi connectivity index (χ3v) is 20.2. The summed E-state index contributed by atoms with van der Waals surface area (Å²) in [4.78, 5) is 11.2. The van der Waals surface area contributed by atoms with E-state index >= 15 is 0 Å². The predicted molar refractivity (Wildman–Crippen MR) is 411 cm³/mol. The molecule has 19 rings (SSSR count). The molecular weight excluding hydrogens is 1250 g/mol. The van der Waals surface area contributed by atoms with Crippen LogP contribution in [0.1, 0.15) is 22.3 Å². The van der Waals surface area contributed by atoms with E-state index in [-0.39, 0.29) is 0 Å². The highest BCUT2D eigenvalue weighted by atomic mass is 15.0. The van der Waals surface area contributed by atoms with Gasteiger partial charge in [-0.1, -0.05) is 152 Å². The molecule has 6 heterocycles. The highest BCUT2D eigenvalue weighted by molar-refractivity contribution is 6.14. The van der Waals surface area contributed by atoms with Crippen molar-refractivity contribution in [2.24, 2.45) is 0 Å². The first kappa shape index (κ1) is 58.7. The van der Waals surface area contributed by atoms with Gasteiger partial charge in [-0.2, -0.15) is 21.0 Å². The molecule has 470 valence electrons. The van der Waals surface area contributed by atoms with E-state index in [0.717, 1.165) is 177 Å². The van der Waals surface area contributed by atoms with E-state index in [9.17, 15) is 21.0 Å². The van der Waals surface area contributed by atoms with Crippen LogP contribution in [0.2, 0.25) is 0 Å². The van der Waals surface area contributed by atoms with E-state index < -0.39 is 0 Å². The van der Waals surface area contributed by atoms with Gasteiger partial charge in [-0.3, -0.25) is 4.98 Å². The number of benzene rings is 13. The minimum absolute atomic E-state index is 0.599. The molecule has 10 heteroatoms. The number of nitrogens with zero attached hydrogens (tertiary/aromatic N) is 10. The summed E-state index contributed by atoms with van der Waals surface area (Å²) in [6.07, 6.45) is 1.85. The van der Waals surface area contributed by atoms with Gasteiger partial charge >= 0.3 is 0 Å². The maximum atomic E-state index is 10.1. The van der Waals surface area contributed by atoms with E-state index in [1.807, 2.05) is 115 Å². The molecule has 0 unspecified atom stereocenters. The number of rotatable bonds is 10. The molecule has 0 saturated heterocycles. The Hall–Kier alpha value is -14.7. The topological polar surface area (TPSA) is 141 Å². The monoisotopic (exact) mass is 1300 g/mol. The summed E-state index contributed by atoms with van der Waals surface area (Å²) in [6.45, 7) is 0. The van der Waals surface area contributed by atoms with E-state index in [2.05, 4.69) is 243 Å². The number of nitriles is 4. The number of pyridine rings is 2. The van der Waals surface area contributed by atoms with Crippen molar-refractivity contribution >= 4 is 87.2 Å². The van der Waals surface area contributed by atoms with Crippen LogP contribution in [-0.2, 0) is 0 Å². The van der Waals surface area contributed by atoms with Crippen molar-refractivity contribution < 1.29 is 0 Å². The molecule has 0 atom stereocenters. The molecule has 0 aliphatic carbocycles. The highest BCUT2D eigenvalue weighted by Gasteiger charge is 2.29. The summed E-state index contributed by atoms with van der Waals surface area (Å²) in [7, 11) is 0. The summed E-state index contributed by atoms with van der Waals surface area (Å²) in [5.41, 5.74) is 24.8. The lowest BCUT2D eigenvalue weighted by Crippen LogP contribution is -2.04. The molecule has 0 saturated carbocycles. The lowest BCUT2D eigenvalue weighted by molar-refractivity contribution is 1.17. The Labute approximate surface area is 585 Å². The van der Waals surface area contributed by atoms with Gasteiger partial charge in [-0.05, 0) is 174 Å². The van der Waals surface area contributed by atoms with Gasteiger partial charge in [0.2, 0.25) is 0 Å². The van der Waals surface area contributed by atoms with Gasteiger partial charge in [0.05, 0.1) is 108 Å². The molecule has 0 N–H and O–H groups in total. The molecule has 13 aromatic carbocycles. The van der Waals surface area contributed by atoms with Crippen molar-refractivity contribution in [2.75, 3.05) is 0 Å². The maximum Gasteiger partial charge on any atom is 0.0991 e. The molecule has 0 radical (unpaired) electrons. The van der Waals surface area contributed by atoms with Crippen LogP contribution < -0.4 is 0 Å². The number of fused-ring (bicyclic) bond motifs is 12. The lowest BCUT2D eigenvalue weighted by Gasteiger charge is -2.25. The summed E-state index contributed by atoms with van der Waals surface area (Å²) in [5, 5.41) is 48.6. The number of hydrogen-bond acceptors (Lipinski definition) is 6. The molecule has 0 amide bonds. The first-order valence-electron chi connectivity index (χ1n) is 33.7. The van der Waals surface area contributed by atoms with Crippen LogP contribution in [0.5, 0.6) is 0 Å². The Morgan fingerprint density at radius 1 is 0.235 bits per heavy atom. The standard InChI is InChI=1S/C92H52N10/c93-53-57-24-44-84-75(49-57)70-14-3-7-20-80(70)99(84)65-36-28-61(29-37-65)88-90(74-18-2-1-13-69(74)79-19-11-12-48-97-79)89(62-30-38-66(39-31-62)100-81-21-8-4-15-71(81)76-50-58(54-94)25-45-85(76)100)92(64-34-42-68(43-35-64)102-83-23-10-6-17-73(83)78-52-60(56-96)27-47-87(78)102)98-91(88)63-32-40-67(41-33-63)101-82-22-9-5-16-72(82)77-51-59(55-95)26-46-86(77)101/h1-52H. The second kappa shape index (κ2) is 23.6. The minimum atomic E-state index is 0.599. The summed E-state index contributed by atoms with van der Waals surface area (Å²) in [6, 6.07) is 116. The van der Waals surface area contributed by atoms with Gasteiger partial charge in [0.15, 0.2) is 0 Å². The van der Waals surface area contributed by atoms with Crippen molar-refractivity contribution in [3.63, 3.8) is 0 Å². The van der Waals surface area contributed by atoms with Crippen LogP contribution in [0.3, 0.4) is 0 Å². The van der Waals surface area contributed by atoms with E-state index in [1.165, 1.54) is 0 Å². The van der Waals surface area contributed by atoms with Crippen LogP contribution in [0.25, 0.3) is 177 Å². The summed E-state index contributed by atoms with van der Waals surface area (Å²) >= 11 is 0. The Kier molecular flexibility index (Phi) is 13.5. The zero-order chi connectivity index (χ0) is 68.1. The highest BCUT2D eigenvalue weighted by Crippen LogP contribution is 2.52. The van der Waals surface area contributed by atoms with Gasteiger partial charge in [0, 0.05) is 105 Å². The Morgan fingerprint density at radius 2 is 0.520 bits per heavy atom. The molecule has 10 nitrogen and oxygen atoms in total. The zero-order valence-corrected chi connectivity index (χ0v) is 54.5. The van der Waals surface area contributed by atoms with E-state index in [4.69, 9.17) is 9.97 Å². The molecule has 19 aromatic rings. The van der Waals surface area contributed by atoms with Gasteiger partial charge in [-0.25, -0.2) is 4.98 Å². The van der Waals surface area contributed by atoms with Crippen molar-refractivity contribution in [1.82, 2.24) is 28.2 Å². The molecule has 102 heavy (non-hydrogen) atoms. The molecular formula is C92H52N10. The third-order valence-electron chi connectivity index (χ3n) is 20.2. The van der Waals surface area contributed by atoms with Crippen LogP contribution in [0, 0.1) is 45.3 Å². The molecule has 0 aliphatic heterocycles. The largest absolute Gasteiger partial charge is 0.309 e. The second-order valence-corrected chi connectivity index (χ2v) is 25.7. The average molecular weight is 1300 g/mol. The fourth-order valence-electron chi connectivity index (χ4n) is 15.7. The lowest BCUT2D eigenvalue weighted by atomic mass is 9.81. The second-order valence-electron chi connectivity index (χ2n) is 25.7. The quantitative estimate of drug-likeness (QED) is 0.134. The molecule has 6 aromatic heterocycles. The van der Waals surface area contributed by atoms with Crippen LogP contribution in [0.4, 0.5) is 0 Å². The van der Waals surface area contributed by atoms with Gasteiger partial charge < -0.3 is 18.3 Å². The first-order valence-corrected chi connectivity index (χ1v) is 33.7. The Bertz CT molecular complexity index is 6510. The first-order chi connectivity index (χ1) is 50.4. The van der Waals surface area contributed by atoms with Crippen molar-refractivity contribution in [2.45, 2.75) is 0 Å². The fourth-order valence-corrected chi connectivity index (χ4v) is 15.7. The summed E-state index contributed by atoms with van der Waals surface area (Å²) < 4.78 is 9.11. The molecule has 0 aliphatic rings. The van der Waals surface area contributed by atoms with Gasteiger partial charge in [0.25, 0.3) is 0 Å². The number of hydrogen-bond donors (Lipinski definition) is 0. The van der Waals surface area contributed by atoms with Crippen molar-refractivity contribution in [1.29, 1.82) is 21.0 Å². The predicted octanol–water partition coefficient (Wildman–Crippen LogP) is 22.4. The van der Waals surface area contributed by atoms with Crippen molar-refractivity contribution in [3.8, 4) is 114 Å². The molecule has 0 bridgehead atoms. The number of aromatic nitrogens is 6. The smallest absolute Gasteiger partial charge is 0.0991 e. The van der Waals surface area contributed by atoms with E-state index in [1.54, 1.807) is 0 Å². The molecule has 0 spiro atoms.